The second-order valence-electron chi connectivity index (χ2n) is 5.02. The van der Waals surface area contributed by atoms with Crippen LogP contribution >= 0.6 is 11.6 Å². The Bertz CT molecular complexity index is 378. The molecule has 0 radical (unpaired) electrons. The van der Waals surface area contributed by atoms with E-state index in [2.05, 4.69) is 18.9 Å². The molecule has 0 spiro atoms. The van der Waals surface area contributed by atoms with Crippen LogP contribution in [-0.4, -0.2) is 18.5 Å². The lowest BCUT2D eigenvalue weighted by Gasteiger charge is -2.17. The molecule has 1 aromatic rings. The van der Waals surface area contributed by atoms with Gasteiger partial charge in [-0.3, -0.25) is 0 Å². The highest BCUT2D eigenvalue weighted by atomic mass is 35.5. The lowest BCUT2D eigenvalue weighted by atomic mass is 10.2. The van der Waals surface area contributed by atoms with Gasteiger partial charge in [0.15, 0.2) is 0 Å². The first kappa shape index (κ1) is 11.7. The molecule has 0 saturated heterocycles. The molecule has 1 aliphatic carbocycles. The molecule has 3 heteroatoms. The fraction of sp³-hybridized carbons (Fsp3) is 0.538. The second-order valence-corrected chi connectivity index (χ2v) is 5.43. The van der Waals surface area contributed by atoms with Gasteiger partial charge in [-0.15, -0.1) is 0 Å². The van der Waals surface area contributed by atoms with Crippen LogP contribution in [0.4, 0.5) is 5.69 Å². The van der Waals surface area contributed by atoms with Gasteiger partial charge in [0, 0.05) is 23.8 Å². The fourth-order valence-corrected chi connectivity index (χ4v) is 2.35. The minimum Gasteiger partial charge on any atom is -0.399 e. The Hall–Kier alpha value is -0.730. The number of halogens is 1. The molecule has 2 rings (SSSR count). The summed E-state index contributed by atoms with van der Waals surface area (Å²) in [6.07, 6.45) is 1.37. The number of nitrogens with zero attached hydrogens (tertiary/aromatic N) is 1. The zero-order valence-corrected chi connectivity index (χ0v) is 10.7. The van der Waals surface area contributed by atoms with E-state index in [4.69, 9.17) is 17.3 Å². The third-order valence-electron chi connectivity index (χ3n) is 3.34. The van der Waals surface area contributed by atoms with E-state index < -0.39 is 0 Å². The van der Waals surface area contributed by atoms with Gasteiger partial charge in [-0.1, -0.05) is 24.6 Å². The van der Waals surface area contributed by atoms with Crippen molar-refractivity contribution in [3.05, 3.63) is 28.8 Å². The van der Waals surface area contributed by atoms with Crippen molar-refractivity contribution >= 4 is 17.3 Å². The predicted molar refractivity (Wildman–Crippen MR) is 69.5 cm³/mol. The number of hydrogen-bond acceptors (Lipinski definition) is 2. The Morgan fingerprint density at radius 2 is 2.19 bits per heavy atom. The van der Waals surface area contributed by atoms with Gasteiger partial charge in [0.1, 0.15) is 0 Å². The molecule has 16 heavy (non-hydrogen) atoms. The molecule has 2 N–H and O–H groups in total. The third kappa shape index (κ3) is 2.89. The van der Waals surface area contributed by atoms with Crippen molar-refractivity contribution in [3.63, 3.8) is 0 Å². The van der Waals surface area contributed by atoms with Crippen molar-refractivity contribution in [2.45, 2.75) is 19.9 Å². The van der Waals surface area contributed by atoms with E-state index in [1.807, 2.05) is 18.2 Å². The number of rotatable bonds is 4. The van der Waals surface area contributed by atoms with Gasteiger partial charge in [0.25, 0.3) is 0 Å². The average Bonchev–Trinajstić information content (AvgIpc) is 2.86. The van der Waals surface area contributed by atoms with Crippen LogP contribution in [0.25, 0.3) is 0 Å². The largest absolute Gasteiger partial charge is 0.399 e. The molecule has 2 unspecified atom stereocenters. The topological polar surface area (TPSA) is 29.3 Å². The number of nitrogens with two attached hydrogens (primary N) is 1. The van der Waals surface area contributed by atoms with Gasteiger partial charge in [-0.05, 0) is 43.0 Å². The van der Waals surface area contributed by atoms with Gasteiger partial charge in [0.2, 0.25) is 0 Å². The SMILES string of the molecule is CC1CC1CN(C)Cc1ccc(N)cc1Cl. The van der Waals surface area contributed by atoms with Crippen molar-refractivity contribution in [1.82, 2.24) is 4.90 Å². The Morgan fingerprint density at radius 3 is 2.75 bits per heavy atom. The number of nitrogen functional groups attached to an aromatic ring is 1. The lowest BCUT2D eigenvalue weighted by molar-refractivity contribution is 0.307. The van der Waals surface area contributed by atoms with Gasteiger partial charge in [0.05, 0.1) is 0 Å². The predicted octanol–water partition coefficient (Wildman–Crippen LogP) is 3.01. The molecule has 1 fully saturated rings. The van der Waals surface area contributed by atoms with E-state index in [0.717, 1.165) is 34.7 Å². The summed E-state index contributed by atoms with van der Waals surface area (Å²) in [6, 6.07) is 5.75. The minimum atomic E-state index is 0.729. The highest BCUT2D eigenvalue weighted by molar-refractivity contribution is 6.31. The van der Waals surface area contributed by atoms with Crippen LogP contribution in [0.15, 0.2) is 18.2 Å². The highest BCUT2D eigenvalue weighted by Gasteiger charge is 2.33. The Morgan fingerprint density at radius 1 is 1.50 bits per heavy atom. The molecule has 1 aliphatic rings. The summed E-state index contributed by atoms with van der Waals surface area (Å²) < 4.78 is 0. The maximum atomic E-state index is 6.15. The summed E-state index contributed by atoms with van der Waals surface area (Å²) in [7, 11) is 2.15. The molecule has 88 valence electrons. The molecule has 0 amide bonds. The number of benzene rings is 1. The highest BCUT2D eigenvalue weighted by Crippen LogP contribution is 2.38. The first-order valence-corrected chi connectivity index (χ1v) is 6.16. The van der Waals surface area contributed by atoms with Gasteiger partial charge < -0.3 is 10.6 Å². The van der Waals surface area contributed by atoms with Crippen LogP contribution < -0.4 is 5.73 Å². The molecule has 2 nitrogen and oxygen atoms in total. The maximum absolute atomic E-state index is 6.15. The second kappa shape index (κ2) is 4.64. The van der Waals surface area contributed by atoms with Crippen molar-refractivity contribution in [2.75, 3.05) is 19.3 Å². The van der Waals surface area contributed by atoms with Gasteiger partial charge >= 0.3 is 0 Å². The molecular weight excluding hydrogens is 220 g/mol. The van der Waals surface area contributed by atoms with Gasteiger partial charge in [-0.2, -0.15) is 0 Å². The average molecular weight is 239 g/mol. The van der Waals surface area contributed by atoms with E-state index in [0.29, 0.717) is 0 Å². The Labute approximate surface area is 102 Å². The van der Waals surface area contributed by atoms with Crippen LogP contribution in [0.5, 0.6) is 0 Å². The van der Waals surface area contributed by atoms with Crippen LogP contribution in [0.2, 0.25) is 5.02 Å². The monoisotopic (exact) mass is 238 g/mol. The molecular formula is C13H19ClN2. The minimum absolute atomic E-state index is 0.729. The Kier molecular flexibility index (Phi) is 3.41. The van der Waals surface area contributed by atoms with Crippen LogP contribution in [0.3, 0.4) is 0 Å². The Balaban J connectivity index is 1.92. The molecule has 1 saturated carbocycles. The summed E-state index contributed by atoms with van der Waals surface area (Å²) in [5.74, 6) is 1.79. The van der Waals surface area contributed by atoms with Crippen molar-refractivity contribution < 1.29 is 0 Å². The number of anilines is 1. The quantitative estimate of drug-likeness (QED) is 0.818. The van der Waals surface area contributed by atoms with Crippen LogP contribution in [0, 0.1) is 11.8 Å². The first-order valence-electron chi connectivity index (χ1n) is 5.78. The summed E-state index contributed by atoms with van der Waals surface area (Å²) in [6.45, 7) is 4.39. The third-order valence-corrected chi connectivity index (χ3v) is 3.69. The maximum Gasteiger partial charge on any atom is 0.0471 e. The fourth-order valence-electron chi connectivity index (χ4n) is 2.10. The first-order chi connectivity index (χ1) is 7.56. The molecule has 1 aromatic carbocycles. The summed E-state index contributed by atoms with van der Waals surface area (Å²) in [5.41, 5.74) is 7.56. The standard InChI is InChI=1S/C13H19ClN2/c1-9-5-11(9)8-16(2)7-10-3-4-12(15)6-13(10)14/h3-4,6,9,11H,5,7-8,15H2,1-2H3. The van der Waals surface area contributed by atoms with E-state index >= 15 is 0 Å². The van der Waals surface area contributed by atoms with E-state index in [9.17, 15) is 0 Å². The van der Waals surface area contributed by atoms with Gasteiger partial charge in [-0.25, -0.2) is 0 Å². The van der Waals surface area contributed by atoms with E-state index in [1.165, 1.54) is 13.0 Å². The molecule has 0 aromatic heterocycles. The normalized spacial score (nSPS) is 23.8. The number of hydrogen-bond donors (Lipinski definition) is 1. The van der Waals surface area contributed by atoms with Crippen molar-refractivity contribution in [2.24, 2.45) is 11.8 Å². The molecule has 0 heterocycles. The summed E-state index contributed by atoms with van der Waals surface area (Å²) in [4.78, 5) is 2.34. The smallest absolute Gasteiger partial charge is 0.0471 e. The molecule has 0 aliphatic heterocycles. The van der Waals surface area contributed by atoms with Crippen molar-refractivity contribution in [1.29, 1.82) is 0 Å². The zero-order chi connectivity index (χ0) is 11.7. The van der Waals surface area contributed by atoms with E-state index in [1.54, 1.807) is 0 Å². The van der Waals surface area contributed by atoms with Crippen LogP contribution in [0.1, 0.15) is 18.9 Å². The van der Waals surface area contributed by atoms with Crippen LogP contribution in [-0.2, 0) is 6.54 Å². The van der Waals surface area contributed by atoms with Crippen molar-refractivity contribution in [3.8, 4) is 0 Å². The van der Waals surface area contributed by atoms with E-state index in [-0.39, 0.29) is 0 Å². The summed E-state index contributed by atoms with van der Waals surface area (Å²) in [5, 5.41) is 0.774. The zero-order valence-electron chi connectivity index (χ0n) is 9.91. The molecule has 0 bridgehead atoms. The molecule has 2 atom stereocenters. The lowest BCUT2D eigenvalue weighted by Crippen LogP contribution is -2.21. The summed E-state index contributed by atoms with van der Waals surface area (Å²) >= 11 is 6.15.